The lowest BCUT2D eigenvalue weighted by Crippen LogP contribution is -2.32. The highest BCUT2D eigenvalue weighted by molar-refractivity contribution is 7.89. The molecule has 1 amide bonds. The van der Waals surface area contributed by atoms with Crippen LogP contribution in [0, 0.1) is 6.92 Å². The van der Waals surface area contributed by atoms with E-state index >= 15 is 0 Å². The van der Waals surface area contributed by atoms with Gasteiger partial charge in [-0.25, -0.2) is 13.6 Å². The van der Waals surface area contributed by atoms with Crippen molar-refractivity contribution in [1.82, 2.24) is 5.32 Å². The van der Waals surface area contributed by atoms with Crippen molar-refractivity contribution in [3.05, 3.63) is 51.6 Å². The van der Waals surface area contributed by atoms with Gasteiger partial charge in [0.2, 0.25) is 27.1 Å². The maximum atomic E-state index is 12.4. The van der Waals surface area contributed by atoms with Crippen LogP contribution in [0.3, 0.4) is 0 Å². The van der Waals surface area contributed by atoms with E-state index in [9.17, 15) is 28.2 Å². The first-order valence-electron chi connectivity index (χ1n) is 8.49. The predicted molar refractivity (Wildman–Crippen MR) is 103 cm³/mol. The third-order valence-electron chi connectivity index (χ3n) is 4.09. The molecule has 0 aliphatic rings. The van der Waals surface area contributed by atoms with Crippen LogP contribution in [0.2, 0.25) is 0 Å². The van der Waals surface area contributed by atoms with Crippen molar-refractivity contribution in [2.75, 3.05) is 19.4 Å². The zero-order valence-electron chi connectivity index (χ0n) is 15.8. The number of aryl methyl sites for hydroxylation is 1. The van der Waals surface area contributed by atoms with Gasteiger partial charge >= 0.3 is 0 Å². The summed E-state index contributed by atoms with van der Waals surface area (Å²) in [6.07, 6.45) is -0.279. The Morgan fingerprint density at radius 1 is 1.31 bits per heavy atom. The van der Waals surface area contributed by atoms with Crippen LogP contribution in [0.5, 0.6) is 17.2 Å². The Balaban J connectivity index is 2.42. The second-order valence-electron chi connectivity index (χ2n) is 6.34. The molecule has 0 fully saturated rings. The van der Waals surface area contributed by atoms with Crippen LogP contribution in [0.1, 0.15) is 29.4 Å². The van der Waals surface area contributed by atoms with Gasteiger partial charge in [-0.1, -0.05) is 6.07 Å². The van der Waals surface area contributed by atoms with Gasteiger partial charge in [-0.3, -0.25) is 9.59 Å². The van der Waals surface area contributed by atoms with Gasteiger partial charge in [0, 0.05) is 19.0 Å². The van der Waals surface area contributed by atoms with Crippen LogP contribution in [-0.2, 0) is 14.8 Å². The Kier molecular flexibility index (Phi) is 6.88. The van der Waals surface area contributed by atoms with Gasteiger partial charge in [0.15, 0.2) is 17.3 Å². The minimum atomic E-state index is -3.74. The molecule has 10 nitrogen and oxygen atoms in total. The molecule has 0 spiro atoms. The first-order chi connectivity index (χ1) is 13.5. The van der Waals surface area contributed by atoms with Crippen molar-refractivity contribution in [2.45, 2.75) is 19.3 Å². The van der Waals surface area contributed by atoms with Crippen LogP contribution in [-0.4, -0.2) is 43.9 Å². The first-order valence-corrected chi connectivity index (χ1v) is 10.2. The molecule has 2 aromatic rings. The van der Waals surface area contributed by atoms with Crippen LogP contribution in [0.4, 0.5) is 0 Å². The lowest BCUT2D eigenvalue weighted by atomic mass is 9.91. The quantitative estimate of drug-likeness (QED) is 0.467. The maximum Gasteiger partial charge on any atom is 0.227 e. The Labute approximate surface area is 167 Å². The fourth-order valence-electron chi connectivity index (χ4n) is 2.72. The number of nitrogens with two attached hydrogens (primary N) is 1. The number of carbonyl (C=O) groups excluding carboxylic acids is 1. The zero-order chi connectivity index (χ0) is 21.8. The summed E-state index contributed by atoms with van der Waals surface area (Å²) in [5, 5.41) is 27.3. The molecule has 0 bridgehead atoms. The van der Waals surface area contributed by atoms with Crippen molar-refractivity contribution in [2.24, 2.45) is 5.14 Å². The molecule has 1 atom stereocenters. The standard InChI is InChI=1S/C18H22N2O8S/c1-10-7-14(22)17(24)18(28-10)12(9-16(23)20-5-6-29(19,25)26)11-3-4-13(21)15(8-11)27-2/h3-4,7-8,12,21,24H,5-6,9H2,1-2H3,(H,20,23)(H2,19,25,26). The van der Waals surface area contributed by atoms with Crippen molar-refractivity contribution < 1.29 is 32.6 Å². The smallest absolute Gasteiger partial charge is 0.227 e. The monoisotopic (exact) mass is 426 g/mol. The van der Waals surface area contributed by atoms with E-state index in [1.54, 1.807) is 0 Å². The van der Waals surface area contributed by atoms with Crippen molar-refractivity contribution in [1.29, 1.82) is 0 Å². The number of nitrogens with one attached hydrogen (secondary N) is 1. The molecule has 0 saturated heterocycles. The van der Waals surface area contributed by atoms with Gasteiger partial charge < -0.3 is 24.7 Å². The Morgan fingerprint density at radius 3 is 2.62 bits per heavy atom. The van der Waals surface area contributed by atoms with Crippen LogP contribution >= 0.6 is 0 Å². The molecule has 0 aliphatic heterocycles. The topological polar surface area (TPSA) is 169 Å². The molecular formula is C18H22N2O8S. The van der Waals surface area contributed by atoms with E-state index in [4.69, 9.17) is 14.3 Å². The minimum absolute atomic E-state index is 0.122. The van der Waals surface area contributed by atoms with Gasteiger partial charge in [-0.15, -0.1) is 0 Å². The van der Waals surface area contributed by atoms with Crippen molar-refractivity contribution in [3.63, 3.8) is 0 Å². The summed E-state index contributed by atoms with van der Waals surface area (Å²) in [6, 6.07) is 5.38. The third kappa shape index (κ3) is 5.96. The van der Waals surface area contributed by atoms with E-state index in [0.717, 1.165) is 6.07 Å². The van der Waals surface area contributed by atoms with Gasteiger partial charge in [0.05, 0.1) is 18.8 Å². The largest absolute Gasteiger partial charge is 0.504 e. The first kappa shape index (κ1) is 22.2. The lowest BCUT2D eigenvalue weighted by Gasteiger charge is -2.19. The van der Waals surface area contributed by atoms with Crippen molar-refractivity contribution in [3.8, 4) is 17.2 Å². The fraction of sp³-hybridized carbons (Fsp3) is 0.333. The van der Waals surface area contributed by atoms with E-state index in [1.165, 1.54) is 32.2 Å². The average Bonchev–Trinajstić information content (AvgIpc) is 2.62. The number of hydrogen-bond acceptors (Lipinski definition) is 8. The lowest BCUT2D eigenvalue weighted by molar-refractivity contribution is -0.121. The second kappa shape index (κ2) is 8.97. The minimum Gasteiger partial charge on any atom is -0.504 e. The number of sulfonamides is 1. The highest BCUT2D eigenvalue weighted by Gasteiger charge is 2.26. The summed E-state index contributed by atoms with van der Waals surface area (Å²) in [5.74, 6) is -2.48. The molecule has 0 saturated carbocycles. The molecule has 0 aliphatic carbocycles. The van der Waals surface area contributed by atoms with Gasteiger partial charge in [0.25, 0.3) is 0 Å². The summed E-state index contributed by atoms with van der Waals surface area (Å²) >= 11 is 0. The number of phenols is 1. The van der Waals surface area contributed by atoms with Gasteiger partial charge in [-0.2, -0.15) is 0 Å². The number of rotatable bonds is 8. The maximum absolute atomic E-state index is 12.4. The molecule has 1 aromatic heterocycles. The van der Waals surface area contributed by atoms with Crippen molar-refractivity contribution >= 4 is 15.9 Å². The number of primary sulfonamides is 1. The van der Waals surface area contributed by atoms with Crippen LogP contribution in [0.25, 0.3) is 0 Å². The fourth-order valence-corrected chi connectivity index (χ4v) is 3.11. The third-order valence-corrected chi connectivity index (χ3v) is 4.87. The highest BCUT2D eigenvalue weighted by atomic mass is 32.2. The van der Waals surface area contributed by atoms with E-state index in [-0.39, 0.29) is 36.0 Å². The van der Waals surface area contributed by atoms with Crippen LogP contribution in [0.15, 0.2) is 33.5 Å². The second-order valence-corrected chi connectivity index (χ2v) is 8.07. The predicted octanol–water partition coefficient (Wildman–Crippen LogP) is 0.295. The molecule has 1 heterocycles. The zero-order valence-corrected chi connectivity index (χ0v) is 16.7. The molecule has 2 rings (SSSR count). The summed E-state index contributed by atoms with van der Waals surface area (Å²) in [4.78, 5) is 24.3. The average molecular weight is 426 g/mol. The van der Waals surface area contributed by atoms with Gasteiger partial charge in [-0.05, 0) is 24.6 Å². The number of benzene rings is 1. The SMILES string of the molecule is COc1cc(C(CC(=O)NCCS(N)(=O)=O)c2oc(C)cc(=O)c2O)ccc1O. The van der Waals surface area contributed by atoms with E-state index in [1.807, 2.05) is 0 Å². The van der Waals surface area contributed by atoms with E-state index in [0.29, 0.717) is 5.56 Å². The van der Waals surface area contributed by atoms with Gasteiger partial charge in [0.1, 0.15) is 5.76 Å². The molecule has 0 radical (unpaired) electrons. The Morgan fingerprint density at radius 2 is 2.00 bits per heavy atom. The molecule has 5 N–H and O–H groups in total. The van der Waals surface area contributed by atoms with Crippen LogP contribution < -0.4 is 20.6 Å². The number of carbonyl (C=O) groups is 1. The Bertz CT molecular complexity index is 1060. The number of methoxy groups -OCH3 is 1. The molecule has 158 valence electrons. The summed E-state index contributed by atoms with van der Waals surface area (Å²) in [5.41, 5.74) is -0.251. The normalized spacial score (nSPS) is 12.4. The Hall–Kier alpha value is -3.05. The number of aromatic hydroxyl groups is 2. The molecule has 1 unspecified atom stereocenters. The summed E-state index contributed by atoms with van der Waals surface area (Å²) < 4.78 is 32.6. The number of hydrogen-bond donors (Lipinski definition) is 4. The summed E-state index contributed by atoms with van der Waals surface area (Å²) in [7, 11) is -2.40. The number of ether oxygens (including phenoxy) is 1. The summed E-state index contributed by atoms with van der Waals surface area (Å²) in [6.45, 7) is 1.32. The van der Waals surface area contributed by atoms with E-state index in [2.05, 4.69) is 5.32 Å². The number of amides is 1. The molecular weight excluding hydrogens is 404 g/mol. The number of phenolic OH excluding ortho intramolecular Hbond substituents is 1. The highest BCUT2D eigenvalue weighted by Crippen LogP contribution is 2.37. The molecule has 11 heteroatoms. The van der Waals surface area contributed by atoms with E-state index < -0.39 is 38.8 Å². The molecule has 1 aromatic carbocycles. The molecule has 29 heavy (non-hydrogen) atoms.